The number of aliphatic hydroxyl groups excluding tert-OH is 1. The number of fused-ring (bicyclic) bond motifs is 1. The molecular formula is C32H27F2NO4. The van der Waals surface area contributed by atoms with E-state index in [-0.39, 0.29) is 22.2 Å². The molecule has 1 unspecified atom stereocenters. The minimum atomic E-state index is -1.16. The number of rotatable bonds is 4. The second kappa shape index (κ2) is 9.66. The first-order valence-corrected chi connectivity index (χ1v) is 12.5. The Hall–Kier alpha value is -4.52. The average molecular weight is 528 g/mol. The maximum Gasteiger partial charge on any atom is 0.300 e. The second-order valence-electron chi connectivity index (χ2n) is 10.5. The fraction of sp³-hybridized carbons (Fsp3) is 0.188. The number of ketones is 1. The second-order valence-corrected chi connectivity index (χ2v) is 10.5. The molecule has 0 spiro atoms. The molecule has 4 aromatic rings. The number of benzene rings is 4. The van der Waals surface area contributed by atoms with Crippen molar-refractivity contribution in [3.05, 3.63) is 113 Å². The quantitative estimate of drug-likeness (QED) is 0.175. The van der Waals surface area contributed by atoms with E-state index in [0.29, 0.717) is 11.3 Å². The molecule has 5 nitrogen and oxygen atoms in total. The Morgan fingerprint density at radius 1 is 0.897 bits per heavy atom. The largest absolute Gasteiger partial charge is 0.507 e. The molecule has 4 aromatic carbocycles. The molecular weight excluding hydrogens is 500 g/mol. The van der Waals surface area contributed by atoms with Crippen LogP contribution in [0.2, 0.25) is 0 Å². The van der Waals surface area contributed by atoms with Crippen LogP contribution in [0.25, 0.3) is 16.5 Å². The van der Waals surface area contributed by atoms with Crippen molar-refractivity contribution in [1.29, 1.82) is 0 Å². The Bertz CT molecular complexity index is 1660. The van der Waals surface area contributed by atoms with Crippen LogP contribution >= 0.6 is 0 Å². The number of hydrogen-bond acceptors (Lipinski definition) is 4. The predicted octanol–water partition coefficient (Wildman–Crippen LogP) is 7.05. The van der Waals surface area contributed by atoms with E-state index in [1.807, 2.05) is 57.2 Å². The molecule has 39 heavy (non-hydrogen) atoms. The lowest BCUT2D eigenvalue weighted by Crippen LogP contribution is -2.29. The molecule has 1 aliphatic rings. The summed E-state index contributed by atoms with van der Waals surface area (Å²) in [5.41, 5.74) is 1.20. The van der Waals surface area contributed by atoms with Crippen molar-refractivity contribution >= 4 is 33.9 Å². The summed E-state index contributed by atoms with van der Waals surface area (Å²) in [7, 11) is 1.45. The minimum absolute atomic E-state index is 0.0107. The normalized spacial score (nSPS) is 17.2. The number of carbonyl (C=O) groups excluding carboxylic acids is 2. The lowest BCUT2D eigenvalue weighted by atomic mass is 9.85. The predicted molar refractivity (Wildman–Crippen MR) is 147 cm³/mol. The summed E-state index contributed by atoms with van der Waals surface area (Å²) >= 11 is 0. The highest BCUT2D eigenvalue weighted by Gasteiger charge is 2.48. The Labute approximate surface area is 225 Å². The number of methoxy groups -OCH3 is 1. The van der Waals surface area contributed by atoms with Gasteiger partial charge in [0, 0.05) is 11.8 Å². The lowest BCUT2D eigenvalue weighted by molar-refractivity contribution is -0.132. The summed E-state index contributed by atoms with van der Waals surface area (Å²) in [5.74, 6) is -4.26. The third-order valence-electron chi connectivity index (χ3n) is 7.06. The van der Waals surface area contributed by atoms with Crippen molar-refractivity contribution in [2.45, 2.75) is 32.2 Å². The number of amides is 1. The zero-order valence-electron chi connectivity index (χ0n) is 22.0. The standard InChI is InChI=1S/C32H27F2NO4/c1-32(2,3)19-12-15-26(39-4)23(16-19)29(36)27-28(22-11-7-9-18-8-5-6-10-21(18)22)35(31(38)30(27)37)20-13-14-24(33)25(34)17-20/h5-17,28,36H,1-4H3/b29-27+. The van der Waals surface area contributed by atoms with Crippen molar-refractivity contribution in [2.24, 2.45) is 0 Å². The SMILES string of the molecule is COc1ccc(C(C)(C)C)cc1/C(O)=C1\C(=O)C(=O)N(c2ccc(F)c(F)c2)C1c1cccc2ccccc12. The maximum atomic E-state index is 14.3. The average Bonchev–Trinajstić information content (AvgIpc) is 3.18. The first-order chi connectivity index (χ1) is 18.5. The molecule has 1 N–H and O–H groups in total. The summed E-state index contributed by atoms with van der Waals surface area (Å²) in [6.45, 7) is 6.03. The number of nitrogens with zero attached hydrogens (tertiary/aromatic N) is 1. The molecule has 1 fully saturated rings. The van der Waals surface area contributed by atoms with Crippen molar-refractivity contribution in [2.75, 3.05) is 12.0 Å². The summed E-state index contributed by atoms with van der Waals surface area (Å²) in [6, 6.07) is 20.0. The van der Waals surface area contributed by atoms with E-state index in [1.54, 1.807) is 24.3 Å². The topological polar surface area (TPSA) is 66.8 Å². The summed E-state index contributed by atoms with van der Waals surface area (Å²) in [5, 5.41) is 13.3. The number of ether oxygens (including phenoxy) is 1. The number of halogens is 2. The van der Waals surface area contributed by atoms with E-state index in [1.165, 1.54) is 13.2 Å². The van der Waals surface area contributed by atoms with Crippen LogP contribution in [0.3, 0.4) is 0 Å². The molecule has 0 aromatic heterocycles. The van der Waals surface area contributed by atoms with Crippen LogP contribution < -0.4 is 9.64 Å². The minimum Gasteiger partial charge on any atom is -0.507 e. The monoisotopic (exact) mass is 527 g/mol. The van der Waals surface area contributed by atoms with Crippen molar-refractivity contribution < 1.29 is 28.2 Å². The third-order valence-corrected chi connectivity index (χ3v) is 7.06. The molecule has 1 saturated heterocycles. The molecule has 198 valence electrons. The number of carbonyl (C=O) groups is 2. The van der Waals surface area contributed by atoms with Crippen LogP contribution in [0.4, 0.5) is 14.5 Å². The highest BCUT2D eigenvalue weighted by Crippen LogP contribution is 2.45. The number of anilines is 1. The maximum absolute atomic E-state index is 14.3. The van der Waals surface area contributed by atoms with E-state index in [4.69, 9.17) is 4.74 Å². The summed E-state index contributed by atoms with van der Waals surface area (Å²) in [4.78, 5) is 28.3. The zero-order valence-corrected chi connectivity index (χ0v) is 22.0. The Morgan fingerprint density at radius 2 is 1.62 bits per heavy atom. The number of aliphatic hydroxyl groups is 1. The van der Waals surface area contributed by atoms with Gasteiger partial charge < -0.3 is 9.84 Å². The van der Waals surface area contributed by atoms with Crippen LogP contribution in [0.5, 0.6) is 5.75 Å². The summed E-state index contributed by atoms with van der Waals surface area (Å²) < 4.78 is 33.7. The molecule has 5 rings (SSSR count). The van der Waals surface area contributed by atoms with Crippen LogP contribution in [-0.2, 0) is 15.0 Å². The lowest BCUT2D eigenvalue weighted by Gasteiger charge is -2.27. The van der Waals surface area contributed by atoms with Gasteiger partial charge in [0.15, 0.2) is 11.6 Å². The van der Waals surface area contributed by atoms with Crippen LogP contribution in [0.1, 0.15) is 43.5 Å². The summed E-state index contributed by atoms with van der Waals surface area (Å²) in [6.07, 6.45) is 0. The zero-order chi connectivity index (χ0) is 28.1. The molecule has 1 heterocycles. The van der Waals surface area contributed by atoms with Crippen LogP contribution in [0.15, 0.2) is 84.4 Å². The highest BCUT2D eigenvalue weighted by molar-refractivity contribution is 6.52. The van der Waals surface area contributed by atoms with Gasteiger partial charge in [-0.1, -0.05) is 69.3 Å². The van der Waals surface area contributed by atoms with Gasteiger partial charge in [-0.05, 0) is 51.6 Å². The highest BCUT2D eigenvalue weighted by atomic mass is 19.2. The van der Waals surface area contributed by atoms with Gasteiger partial charge in [0.05, 0.1) is 24.3 Å². The Balaban J connectivity index is 1.84. The molecule has 7 heteroatoms. The van der Waals surface area contributed by atoms with E-state index in [0.717, 1.165) is 33.4 Å². The molecule has 0 bridgehead atoms. The molecule has 0 saturated carbocycles. The Kier molecular flexibility index (Phi) is 6.46. The van der Waals surface area contributed by atoms with Crippen LogP contribution in [0, 0.1) is 11.6 Å². The first-order valence-electron chi connectivity index (χ1n) is 12.5. The van der Waals surface area contributed by atoms with Crippen molar-refractivity contribution in [1.82, 2.24) is 0 Å². The van der Waals surface area contributed by atoms with Gasteiger partial charge in [0.25, 0.3) is 11.7 Å². The van der Waals surface area contributed by atoms with Crippen LogP contribution in [-0.4, -0.2) is 23.9 Å². The third kappa shape index (κ3) is 4.44. The van der Waals surface area contributed by atoms with Gasteiger partial charge in [0.2, 0.25) is 0 Å². The molecule has 1 aliphatic heterocycles. The van der Waals surface area contributed by atoms with Gasteiger partial charge in [-0.3, -0.25) is 14.5 Å². The molecule has 1 amide bonds. The number of Topliss-reactive ketones (excluding diaryl/α,β-unsaturated/α-hetero) is 1. The van der Waals surface area contributed by atoms with E-state index < -0.39 is 35.1 Å². The van der Waals surface area contributed by atoms with Gasteiger partial charge in [-0.2, -0.15) is 0 Å². The van der Waals surface area contributed by atoms with E-state index >= 15 is 0 Å². The van der Waals surface area contributed by atoms with Gasteiger partial charge in [-0.15, -0.1) is 0 Å². The number of hydrogen-bond donors (Lipinski definition) is 1. The smallest absolute Gasteiger partial charge is 0.300 e. The van der Waals surface area contributed by atoms with E-state index in [9.17, 15) is 23.5 Å². The fourth-order valence-corrected chi connectivity index (χ4v) is 5.02. The van der Waals surface area contributed by atoms with Gasteiger partial charge in [-0.25, -0.2) is 8.78 Å². The van der Waals surface area contributed by atoms with Gasteiger partial charge >= 0.3 is 0 Å². The molecule has 0 aliphatic carbocycles. The van der Waals surface area contributed by atoms with E-state index in [2.05, 4.69) is 0 Å². The Morgan fingerprint density at radius 3 is 2.31 bits per heavy atom. The van der Waals surface area contributed by atoms with Crippen molar-refractivity contribution in [3.63, 3.8) is 0 Å². The van der Waals surface area contributed by atoms with Crippen molar-refractivity contribution in [3.8, 4) is 5.75 Å². The molecule has 0 radical (unpaired) electrons. The molecule has 1 atom stereocenters. The van der Waals surface area contributed by atoms with Gasteiger partial charge in [0.1, 0.15) is 11.5 Å². The fourth-order valence-electron chi connectivity index (χ4n) is 5.02. The first kappa shape index (κ1) is 26.1.